The van der Waals surface area contributed by atoms with E-state index in [-0.39, 0.29) is 66.5 Å². The number of anilines is 1. The summed E-state index contributed by atoms with van der Waals surface area (Å²) in [6.45, 7) is 2.10. The number of hydrogen-bond acceptors (Lipinski definition) is 9. The van der Waals surface area contributed by atoms with Crippen LogP contribution >= 0.6 is 11.6 Å². The topological polar surface area (TPSA) is 104 Å². The smallest absolute Gasteiger partial charge is 0.319 e. The van der Waals surface area contributed by atoms with Gasteiger partial charge in [0, 0.05) is 30.1 Å². The Morgan fingerprint density at radius 3 is 2.85 bits per heavy atom. The lowest BCUT2D eigenvalue weighted by molar-refractivity contribution is 0.107. The number of ether oxygens (including phenoxy) is 2. The first-order chi connectivity index (χ1) is 19.4. The predicted molar refractivity (Wildman–Crippen MR) is 145 cm³/mol. The first-order valence-electron chi connectivity index (χ1n) is 13.8. The van der Waals surface area contributed by atoms with E-state index in [1.807, 2.05) is 0 Å². The molecule has 2 N–H and O–H groups in total. The molecule has 1 saturated carbocycles. The third kappa shape index (κ3) is 4.29. The molecule has 2 atom stereocenters. The molecule has 0 bridgehead atoms. The number of rotatable bonds is 7. The monoisotopic (exact) mass is 573 g/mol. The Morgan fingerprint density at radius 2 is 2.05 bits per heavy atom. The van der Waals surface area contributed by atoms with Crippen LogP contribution < -0.4 is 14.4 Å². The summed E-state index contributed by atoms with van der Waals surface area (Å²) in [4.78, 5) is 17.6. The van der Waals surface area contributed by atoms with Crippen LogP contribution in [0.3, 0.4) is 0 Å². The number of aliphatic hydroxyl groups is 1. The highest BCUT2D eigenvalue weighted by Crippen LogP contribution is 2.50. The second-order valence-corrected chi connectivity index (χ2v) is 11.6. The molecule has 0 radical (unpaired) electrons. The van der Waals surface area contributed by atoms with E-state index in [0.29, 0.717) is 35.9 Å². The fourth-order valence-electron chi connectivity index (χ4n) is 6.61. The second kappa shape index (κ2) is 9.81. The van der Waals surface area contributed by atoms with E-state index in [4.69, 9.17) is 21.1 Å². The first-order valence-corrected chi connectivity index (χ1v) is 14.2. The number of phenols is 1. The number of aliphatic hydroxyl groups excluding tert-OH is 1. The van der Waals surface area contributed by atoms with Gasteiger partial charge in [-0.1, -0.05) is 11.6 Å². The molecule has 1 aliphatic carbocycles. The van der Waals surface area contributed by atoms with Crippen LogP contribution in [0.2, 0.25) is 5.02 Å². The van der Waals surface area contributed by atoms with E-state index in [1.165, 1.54) is 12.1 Å². The van der Waals surface area contributed by atoms with Gasteiger partial charge in [0.15, 0.2) is 5.82 Å². The lowest BCUT2D eigenvalue weighted by atomic mass is 9.95. The molecule has 3 aliphatic heterocycles. The molecule has 3 aromatic rings. The van der Waals surface area contributed by atoms with Crippen LogP contribution in [0.15, 0.2) is 12.1 Å². The van der Waals surface area contributed by atoms with Gasteiger partial charge in [-0.05, 0) is 55.8 Å². The summed E-state index contributed by atoms with van der Waals surface area (Å²) < 4.78 is 42.9. The van der Waals surface area contributed by atoms with E-state index in [1.54, 1.807) is 4.90 Å². The molecule has 9 nitrogen and oxygen atoms in total. The van der Waals surface area contributed by atoms with Gasteiger partial charge in [-0.25, -0.2) is 13.8 Å². The number of halogens is 3. The van der Waals surface area contributed by atoms with Crippen molar-refractivity contribution in [1.29, 1.82) is 0 Å². The Bertz CT molecular complexity index is 1490. The molecule has 12 heteroatoms. The minimum absolute atomic E-state index is 0.0231. The quantitative estimate of drug-likeness (QED) is 0.430. The Morgan fingerprint density at radius 1 is 1.20 bits per heavy atom. The van der Waals surface area contributed by atoms with Crippen LogP contribution in [-0.4, -0.2) is 87.8 Å². The number of aromatic hydroxyl groups is 1. The first kappa shape index (κ1) is 25.9. The zero-order valence-corrected chi connectivity index (χ0v) is 22.6. The van der Waals surface area contributed by atoms with Crippen molar-refractivity contribution in [2.24, 2.45) is 0 Å². The lowest BCUT2D eigenvalue weighted by Crippen LogP contribution is -2.43. The number of pyridine rings is 1. The van der Waals surface area contributed by atoms with Crippen molar-refractivity contribution in [3.8, 4) is 28.9 Å². The van der Waals surface area contributed by atoms with E-state index in [0.717, 1.165) is 37.8 Å². The maximum Gasteiger partial charge on any atom is 0.319 e. The maximum absolute atomic E-state index is 16.5. The third-order valence-electron chi connectivity index (χ3n) is 8.57. The summed E-state index contributed by atoms with van der Waals surface area (Å²) in [6.07, 6.45) is 3.07. The average molecular weight is 574 g/mol. The number of aromatic nitrogens is 3. The molecule has 0 unspecified atom stereocenters. The second-order valence-electron chi connectivity index (χ2n) is 11.2. The van der Waals surface area contributed by atoms with Crippen LogP contribution in [-0.2, 0) is 0 Å². The SMILES string of the molecule is OCCN1CCOc2nc(-c3cc(O)cc(Cl)c3C3CC3)c(F)c3nc(OC[C@@]45CCCN4C[C@H](F)C5)nc1c23. The van der Waals surface area contributed by atoms with E-state index in [9.17, 15) is 14.6 Å². The molecular formula is C28H30ClF2N5O4. The Balaban J connectivity index is 1.38. The number of fused-ring (bicyclic) bond motifs is 1. The molecule has 40 heavy (non-hydrogen) atoms. The van der Waals surface area contributed by atoms with Crippen molar-refractivity contribution >= 4 is 28.3 Å². The third-order valence-corrected chi connectivity index (χ3v) is 8.88. The number of hydrogen-bond donors (Lipinski definition) is 2. The summed E-state index contributed by atoms with van der Waals surface area (Å²) in [5.41, 5.74) is 0.642. The zero-order valence-electron chi connectivity index (χ0n) is 21.9. The fourth-order valence-corrected chi connectivity index (χ4v) is 6.98. The summed E-state index contributed by atoms with van der Waals surface area (Å²) >= 11 is 6.51. The standard InChI is InChI=1S/C28H30ClF2N5O4/c29-19-11-17(38)10-18(20(19)15-2-3-15)23-22(31)24-21-25(35(6-8-37)7-9-39-26(21)32-23)34-27(33-24)40-14-28-4-1-5-36(28)13-16(30)12-28/h10-11,15-16,37-38H,1-9,12-14H2/t16-,28+/m1/s1. The van der Waals surface area contributed by atoms with Crippen LogP contribution in [0.4, 0.5) is 14.6 Å². The summed E-state index contributed by atoms with van der Waals surface area (Å²) in [5.74, 6) is -0.144. The number of alkyl halides is 1. The largest absolute Gasteiger partial charge is 0.508 e. The van der Waals surface area contributed by atoms with Gasteiger partial charge in [0.1, 0.15) is 47.5 Å². The van der Waals surface area contributed by atoms with Gasteiger partial charge < -0.3 is 24.6 Å². The van der Waals surface area contributed by atoms with Crippen molar-refractivity contribution in [3.63, 3.8) is 0 Å². The van der Waals surface area contributed by atoms with Crippen LogP contribution in [0.1, 0.15) is 43.6 Å². The molecule has 2 saturated heterocycles. The van der Waals surface area contributed by atoms with Crippen LogP contribution in [0.5, 0.6) is 17.6 Å². The van der Waals surface area contributed by atoms with Gasteiger partial charge >= 0.3 is 6.01 Å². The molecule has 4 aliphatic rings. The highest BCUT2D eigenvalue weighted by Gasteiger charge is 2.49. The van der Waals surface area contributed by atoms with Crippen molar-refractivity contribution in [2.45, 2.75) is 49.7 Å². The van der Waals surface area contributed by atoms with Crippen LogP contribution in [0, 0.1) is 5.82 Å². The summed E-state index contributed by atoms with van der Waals surface area (Å²) in [5, 5.41) is 20.7. The maximum atomic E-state index is 16.5. The van der Waals surface area contributed by atoms with E-state index in [2.05, 4.69) is 19.9 Å². The molecular weight excluding hydrogens is 544 g/mol. The van der Waals surface area contributed by atoms with Gasteiger partial charge in [-0.15, -0.1) is 0 Å². The van der Waals surface area contributed by atoms with E-state index < -0.39 is 17.5 Å². The molecule has 0 spiro atoms. The van der Waals surface area contributed by atoms with Crippen molar-refractivity contribution in [1.82, 2.24) is 19.9 Å². The molecule has 212 valence electrons. The highest BCUT2D eigenvalue weighted by molar-refractivity contribution is 6.32. The van der Waals surface area contributed by atoms with Gasteiger partial charge in [0.05, 0.1) is 18.7 Å². The normalized spacial score (nSPS) is 24.3. The highest BCUT2D eigenvalue weighted by atomic mass is 35.5. The minimum Gasteiger partial charge on any atom is -0.508 e. The van der Waals surface area contributed by atoms with E-state index >= 15 is 4.39 Å². The Hall–Kier alpha value is -3.02. The van der Waals surface area contributed by atoms with Gasteiger partial charge in [0.2, 0.25) is 5.88 Å². The molecule has 1 aromatic carbocycles. The van der Waals surface area contributed by atoms with Gasteiger partial charge in [0.25, 0.3) is 0 Å². The number of β-amino-alcohol motifs (C(OH)–C–C–N with tert-alkyl or cyclic N) is 1. The van der Waals surface area contributed by atoms with Crippen molar-refractivity contribution < 1.29 is 28.5 Å². The Labute approximate surface area is 234 Å². The zero-order chi connectivity index (χ0) is 27.6. The lowest BCUT2D eigenvalue weighted by Gasteiger charge is -2.31. The molecule has 3 fully saturated rings. The Kier molecular flexibility index (Phi) is 6.36. The molecule has 7 rings (SSSR count). The number of nitrogens with zero attached hydrogens (tertiary/aromatic N) is 5. The molecule has 5 heterocycles. The van der Waals surface area contributed by atoms with Gasteiger partial charge in [-0.3, -0.25) is 4.90 Å². The molecule has 2 aromatic heterocycles. The number of benzene rings is 1. The van der Waals surface area contributed by atoms with Crippen molar-refractivity contribution in [2.75, 3.05) is 50.9 Å². The molecule has 0 amide bonds. The summed E-state index contributed by atoms with van der Waals surface area (Å²) in [6, 6.07) is 2.90. The average Bonchev–Trinajstić information content (AvgIpc) is 3.63. The fraction of sp³-hybridized carbons (Fsp3) is 0.536. The number of phenolic OH excluding ortho intramolecular Hbond substituents is 1. The minimum atomic E-state index is -0.910. The van der Waals surface area contributed by atoms with Crippen LogP contribution in [0.25, 0.3) is 22.2 Å². The van der Waals surface area contributed by atoms with Gasteiger partial charge in [-0.2, -0.15) is 9.97 Å². The van der Waals surface area contributed by atoms with Crippen molar-refractivity contribution in [3.05, 3.63) is 28.5 Å². The summed E-state index contributed by atoms with van der Waals surface area (Å²) in [7, 11) is 0. The predicted octanol–water partition coefficient (Wildman–Crippen LogP) is 4.21.